The van der Waals surface area contributed by atoms with Crippen molar-refractivity contribution in [3.63, 3.8) is 0 Å². The Balaban J connectivity index is 2.43. The SMILES string of the molecule is Cc1c(N(C)C)cc(O)c(N=Nc2ccccn2)c1C. The Morgan fingerprint density at radius 2 is 1.85 bits per heavy atom. The number of hydrogen-bond acceptors (Lipinski definition) is 5. The molecule has 0 radical (unpaired) electrons. The average molecular weight is 270 g/mol. The average Bonchev–Trinajstić information content (AvgIpc) is 2.43. The topological polar surface area (TPSA) is 61.1 Å². The van der Waals surface area contributed by atoms with E-state index in [4.69, 9.17) is 0 Å². The van der Waals surface area contributed by atoms with E-state index in [-0.39, 0.29) is 5.75 Å². The van der Waals surface area contributed by atoms with Crippen LogP contribution >= 0.6 is 0 Å². The van der Waals surface area contributed by atoms with Crippen LogP contribution in [0.15, 0.2) is 40.7 Å². The molecule has 2 aromatic rings. The molecule has 2 rings (SSSR count). The molecule has 0 fully saturated rings. The van der Waals surface area contributed by atoms with Crippen molar-refractivity contribution >= 4 is 17.2 Å². The highest BCUT2D eigenvalue weighted by molar-refractivity contribution is 5.69. The molecule has 0 spiro atoms. The summed E-state index contributed by atoms with van der Waals surface area (Å²) in [5.41, 5.74) is 3.44. The Bertz CT molecular complexity index is 636. The van der Waals surface area contributed by atoms with Crippen LogP contribution in [0.1, 0.15) is 11.1 Å². The number of phenols is 1. The number of phenolic OH excluding ortho intramolecular Hbond substituents is 1. The van der Waals surface area contributed by atoms with Gasteiger partial charge >= 0.3 is 0 Å². The molecule has 5 nitrogen and oxygen atoms in total. The van der Waals surface area contributed by atoms with Gasteiger partial charge in [-0.2, -0.15) is 0 Å². The summed E-state index contributed by atoms with van der Waals surface area (Å²) in [7, 11) is 3.88. The molecule has 0 atom stereocenters. The predicted octanol–water partition coefficient (Wildman–Crippen LogP) is 3.89. The van der Waals surface area contributed by atoms with Gasteiger partial charge in [0.1, 0.15) is 11.4 Å². The third-order valence-corrected chi connectivity index (χ3v) is 3.20. The molecular weight excluding hydrogens is 252 g/mol. The van der Waals surface area contributed by atoms with Crippen molar-refractivity contribution in [3.8, 4) is 5.75 Å². The molecule has 0 saturated carbocycles. The molecule has 1 N–H and O–H groups in total. The predicted molar refractivity (Wildman–Crippen MR) is 80.3 cm³/mol. The van der Waals surface area contributed by atoms with Gasteiger partial charge in [-0.05, 0) is 37.1 Å². The maximum absolute atomic E-state index is 10.1. The second-order valence-electron chi connectivity index (χ2n) is 4.80. The van der Waals surface area contributed by atoms with E-state index in [0.717, 1.165) is 16.8 Å². The summed E-state index contributed by atoms with van der Waals surface area (Å²) < 4.78 is 0. The van der Waals surface area contributed by atoms with E-state index in [1.54, 1.807) is 18.3 Å². The molecule has 0 bridgehead atoms. The highest BCUT2D eigenvalue weighted by Crippen LogP contribution is 2.38. The maximum atomic E-state index is 10.1. The first kappa shape index (κ1) is 14.0. The van der Waals surface area contributed by atoms with E-state index < -0.39 is 0 Å². The lowest BCUT2D eigenvalue weighted by atomic mass is 10.0. The van der Waals surface area contributed by atoms with Crippen LogP contribution in [0.25, 0.3) is 0 Å². The van der Waals surface area contributed by atoms with Gasteiger partial charge in [0.15, 0.2) is 5.82 Å². The van der Waals surface area contributed by atoms with Crippen LogP contribution in [0.3, 0.4) is 0 Å². The molecule has 1 aromatic carbocycles. The van der Waals surface area contributed by atoms with Crippen LogP contribution in [0.2, 0.25) is 0 Å². The van der Waals surface area contributed by atoms with E-state index in [2.05, 4.69) is 15.2 Å². The van der Waals surface area contributed by atoms with Gasteiger partial charge in [-0.15, -0.1) is 10.2 Å². The number of benzene rings is 1. The summed E-state index contributed by atoms with van der Waals surface area (Å²) in [6.45, 7) is 3.93. The summed E-state index contributed by atoms with van der Waals surface area (Å²) >= 11 is 0. The van der Waals surface area contributed by atoms with Crippen molar-refractivity contribution in [2.45, 2.75) is 13.8 Å². The first-order valence-electron chi connectivity index (χ1n) is 6.34. The first-order chi connectivity index (χ1) is 9.50. The Hall–Kier alpha value is -2.43. The zero-order chi connectivity index (χ0) is 14.7. The number of azo groups is 1. The molecule has 0 unspecified atom stereocenters. The number of hydrogen-bond donors (Lipinski definition) is 1. The Morgan fingerprint density at radius 1 is 1.10 bits per heavy atom. The van der Waals surface area contributed by atoms with Crippen LogP contribution < -0.4 is 4.90 Å². The molecule has 1 heterocycles. The van der Waals surface area contributed by atoms with Gasteiger partial charge in [-0.3, -0.25) is 0 Å². The molecule has 0 aliphatic rings. The quantitative estimate of drug-likeness (QED) is 0.861. The number of aromatic nitrogens is 1. The van der Waals surface area contributed by atoms with Gasteiger partial charge in [0, 0.05) is 32.0 Å². The first-order valence-corrected chi connectivity index (χ1v) is 6.34. The number of anilines is 1. The fraction of sp³-hybridized carbons (Fsp3) is 0.267. The number of nitrogens with zero attached hydrogens (tertiary/aromatic N) is 4. The molecule has 20 heavy (non-hydrogen) atoms. The van der Waals surface area contributed by atoms with Gasteiger partial charge < -0.3 is 10.0 Å². The molecule has 1 aromatic heterocycles. The van der Waals surface area contributed by atoms with E-state index in [0.29, 0.717) is 11.5 Å². The highest BCUT2D eigenvalue weighted by atomic mass is 16.3. The lowest BCUT2D eigenvalue weighted by Gasteiger charge is -2.18. The van der Waals surface area contributed by atoms with E-state index in [9.17, 15) is 5.11 Å². The van der Waals surface area contributed by atoms with Crippen LogP contribution in [-0.4, -0.2) is 24.2 Å². The van der Waals surface area contributed by atoms with E-state index >= 15 is 0 Å². The smallest absolute Gasteiger partial charge is 0.174 e. The second kappa shape index (κ2) is 5.69. The van der Waals surface area contributed by atoms with Crippen LogP contribution in [-0.2, 0) is 0 Å². The van der Waals surface area contributed by atoms with Gasteiger partial charge in [-0.1, -0.05) is 6.07 Å². The normalized spacial score (nSPS) is 11.0. The Kier molecular flexibility index (Phi) is 3.98. The molecule has 5 heteroatoms. The monoisotopic (exact) mass is 270 g/mol. The molecule has 0 saturated heterocycles. The number of aromatic hydroxyl groups is 1. The minimum absolute atomic E-state index is 0.122. The summed E-state index contributed by atoms with van der Waals surface area (Å²) in [6.07, 6.45) is 1.65. The maximum Gasteiger partial charge on any atom is 0.174 e. The zero-order valence-corrected chi connectivity index (χ0v) is 12.1. The summed E-state index contributed by atoms with van der Waals surface area (Å²) in [5, 5.41) is 18.3. The minimum atomic E-state index is 0.122. The van der Waals surface area contributed by atoms with Crippen molar-refractivity contribution in [3.05, 3.63) is 41.6 Å². The summed E-state index contributed by atoms with van der Waals surface area (Å²) in [4.78, 5) is 6.03. The van der Waals surface area contributed by atoms with Gasteiger partial charge in [0.25, 0.3) is 0 Å². The number of rotatable bonds is 3. The van der Waals surface area contributed by atoms with Crippen molar-refractivity contribution in [2.24, 2.45) is 10.2 Å². The van der Waals surface area contributed by atoms with Crippen molar-refractivity contribution < 1.29 is 5.11 Å². The third kappa shape index (κ3) is 2.77. The van der Waals surface area contributed by atoms with Gasteiger partial charge in [0.05, 0.1) is 0 Å². The fourth-order valence-electron chi connectivity index (χ4n) is 1.97. The van der Waals surface area contributed by atoms with Gasteiger partial charge in [0.2, 0.25) is 0 Å². The van der Waals surface area contributed by atoms with Crippen molar-refractivity contribution in [1.29, 1.82) is 0 Å². The minimum Gasteiger partial charge on any atom is -0.506 e. The van der Waals surface area contributed by atoms with Crippen LogP contribution in [0, 0.1) is 13.8 Å². The lowest BCUT2D eigenvalue weighted by molar-refractivity contribution is 0.476. The largest absolute Gasteiger partial charge is 0.506 e. The molecule has 0 aliphatic carbocycles. The van der Waals surface area contributed by atoms with E-state index in [1.807, 2.05) is 45.0 Å². The number of pyridine rings is 1. The molecule has 0 amide bonds. The molecule has 104 valence electrons. The van der Waals surface area contributed by atoms with Crippen molar-refractivity contribution in [2.75, 3.05) is 19.0 Å². The van der Waals surface area contributed by atoms with Crippen LogP contribution in [0.5, 0.6) is 5.75 Å². The van der Waals surface area contributed by atoms with Crippen LogP contribution in [0.4, 0.5) is 17.2 Å². The Labute approximate surface area is 118 Å². The van der Waals surface area contributed by atoms with E-state index in [1.165, 1.54) is 0 Å². The third-order valence-electron chi connectivity index (χ3n) is 3.20. The highest BCUT2D eigenvalue weighted by Gasteiger charge is 2.13. The molecule has 0 aliphatic heterocycles. The van der Waals surface area contributed by atoms with Crippen molar-refractivity contribution in [1.82, 2.24) is 4.98 Å². The fourth-order valence-corrected chi connectivity index (χ4v) is 1.97. The second-order valence-corrected chi connectivity index (χ2v) is 4.80. The summed E-state index contributed by atoms with van der Waals surface area (Å²) in [6, 6.07) is 7.12. The lowest BCUT2D eigenvalue weighted by Crippen LogP contribution is -2.10. The molecular formula is C15H18N4O. The Morgan fingerprint density at radius 3 is 2.45 bits per heavy atom. The summed E-state index contributed by atoms with van der Waals surface area (Å²) in [5.74, 6) is 0.636. The zero-order valence-electron chi connectivity index (χ0n) is 12.1. The van der Waals surface area contributed by atoms with Gasteiger partial charge in [-0.25, -0.2) is 4.98 Å². The standard InChI is InChI=1S/C15H18N4O/c1-10-11(2)15(13(20)9-12(10)19(3)4)18-17-14-7-5-6-8-16-14/h5-9,20H,1-4H3.